The van der Waals surface area contributed by atoms with E-state index in [1.165, 1.54) is 0 Å². The van der Waals surface area contributed by atoms with Crippen LogP contribution in [0.3, 0.4) is 0 Å². The van der Waals surface area contributed by atoms with Gasteiger partial charge in [0.1, 0.15) is 0 Å². The molecule has 0 spiro atoms. The minimum atomic E-state index is 0.291. The van der Waals surface area contributed by atoms with Gasteiger partial charge in [-0.15, -0.1) is 0 Å². The predicted molar refractivity (Wildman–Crippen MR) is 72.1 cm³/mol. The summed E-state index contributed by atoms with van der Waals surface area (Å²) in [5.41, 5.74) is 0.526. The molecule has 1 saturated heterocycles. The van der Waals surface area contributed by atoms with Gasteiger partial charge < -0.3 is 14.2 Å². The van der Waals surface area contributed by atoms with E-state index in [0.29, 0.717) is 36.4 Å². The van der Waals surface area contributed by atoms with Crippen LogP contribution in [0.1, 0.15) is 36.5 Å². The third-order valence-electron chi connectivity index (χ3n) is 3.15. The third-order valence-corrected chi connectivity index (χ3v) is 3.15. The molecule has 4 heteroatoms. The number of benzene rings is 1. The summed E-state index contributed by atoms with van der Waals surface area (Å²) >= 11 is 0. The number of carbonyl (C=O) groups excluding carboxylic acids is 1. The second kappa shape index (κ2) is 7.14. The van der Waals surface area contributed by atoms with Crippen LogP contribution in [0.5, 0.6) is 11.5 Å². The van der Waals surface area contributed by atoms with Crippen LogP contribution in [0.2, 0.25) is 0 Å². The Morgan fingerprint density at radius 1 is 1.42 bits per heavy atom. The number of aldehydes is 1. The zero-order chi connectivity index (χ0) is 13.5. The second-order valence-electron chi connectivity index (χ2n) is 4.50. The molecule has 1 aliphatic rings. The smallest absolute Gasteiger partial charge is 0.171 e. The minimum absolute atomic E-state index is 0.291. The van der Waals surface area contributed by atoms with E-state index in [1.54, 1.807) is 12.1 Å². The number of hydrogen-bond acceptors (Lipinski definition) is 4. The average Bonchev–Trinajstić information content (AvgIpc) is 2.93. The second-order valence-corrected chi connectivity index (χ2v) is 4.50. The van der Waals surface area contributed by atoms with Gasteiger partial charge in [-0.1, -0.05) is 6.07 Å². The van der Waals surface area contributed by atoms with Crippen LogP contribution < -0.4 is 9.47 Å². The standard InChI is InChI=1S/C15H20O4/c1-2-17-14-7-3-5-12(11-16)15(14)19-10-8-13-6-4-9-18-13/h3,5,7,11,13H,2,4,6,8-10H2,1H3. The van der Waals surface area contributed by atoms with E-state index in [4.69, 9.17) is 14.2 Å². The van der Waals surface area contributed by atoms with Crippen molar-refractivity contribution in [2.24, 2.45) is 0 Å². The zero-order valence-corrected chi connectivity index (χ0v) is 11.3. The van der Waals surface area contributed by atoms with Crippen molar-refractivity contribution in [1.29, 1.82) is 0 Å². The maximum atomic E-state index is 11.0. The Morgan fingerprint density at radius 2 is 2.32 bits per heavy atom. The van der Waals surface area contributed by atoms with Gasteiger partial charge in [0, 0.05) is 13.0 Å². The van der Waals surface area contributed by atoms with Gasteiger partial charge in [-0.25, -0.2) is 0 Å². The summed E-state index contributed by atoms with van der Waals surface area (Å²) in [6, 6.07) is 5.34. The molecular formula is C15H20O4. The summed E-state index contributed by atoms with van der Waals surface area (Å²) in [5, 5.41) is 0. The lowest BCUT2D eigenvalue weighted by Gasteiger charge is -2.15. The van der Waals surface area contributed by atoms with Crippen LogP contribution in [-0.2, 0) is 4.74 Å². The Hall–Kier alpha value is -1.55. The molecule has 1 unspecified atom stereocenters. The molecule has 1 fully saturated rings. The van der Waals surface area contributed by atoms with Gasteiger partial charge >= 0.3 is 0 Å². The number of rotatable bonds is 7. The van der Waals surface area contributed by atoms with E-state index < -0.39 is 0 Å². The first-order chi connectivity index (χ1) is 9.35. The summed E-state index contributed by atoms with van der Waals surface area (Å²) in [7, 11) is 0. The molecule has 0 radical (unpaired) electrons. The number of hydrogen-bond donors (Lipinski definition) is 0. The van der Waals surface area contributed by atoms with Crippen LogP contribution >= 0.6 is 0 Å². The first kappa shape index (κ1) is 13.9. The van der Waals surface area contributed by atoms with Crippen LogP contribution in [0.25, 0.3) is 0 Å². The Bertz CT molecular complexity index is 411. The number of ether oxygens (including phenoxy) is 3. The summed E-state index contributed by atoms with van der Waals surface area (Å²) in [4.78, 5) is 11.0. The van der Waals surface area contributed by atoms with E-state index >= 15 is 0 Å². The van der Waals surface area contributed by atoms with E-state index in [2.05, 4.69) is 0 Å². The summed E-state index contributed by atoms with van der Waals surface area (Å²) < 4.78 is 16.8. The Kier molecular flexibility index (Phi) is 5.21. The summed E-state index contributed by atoms with van der Waals surface area (Å²) in [6.07, 6.45) is 4.15. The van der Waals surface area contributed by atoms with Crippen molar-refractivity contribution >= 4 is 6.29 Å². The number of carbonyl (C=O) groups is 1. The summed E-state index contributed by atoms with van der Waals surface area (Å²) in [6.45, 7) is 3.84. The van der Waals surface area contributed by atoms with Gasteiger partial charge in [-0.2, -0.15) is 0 Å². The topological polar surface area (TPSA) is 44.8 Å². The van der Waals surface area contributed by atoms with Crippen LogP contribution in [-0.4, -0.2) is 32.2 Å². The van der Waals surface area contributed by atoms with Crippen LogP contribution in [0.4, 0.5) is 0 Å². The van der Waals surface area contributed by atoms with Gasteiger partial charge in [0.05, 0.1) is 24.9 Å². The van der Waals surface area contributed by atoms with E-state index in [0.717, 1.165) is 32.2 Å². The first-order valence-electron chi connectivity index (χ1n) is 6.80. The highest BCUT2D eigenvalue weighted by Crippen LogP contribution is 2.30. The van der Waals surface area contributed by atoms with Crippen molar-refractivity contribution in [1.82, 2.24) is 0 Å². The maximum absolute atomic E-state index is 11.0. The molecule has 104 valence electrons. The fraction of sp³-hybridized carbons (Fsp3) is 0.533. The lowest BCUT2D eigenvalue weighted by Crippen LogP contribution is -2.12. The predicted octanol–water partition coefficient (Wildman–Crippen LogP) is 2.85. The molecule has 1 atom stereocenters. The van der Waals surface area contributed by atoms with Crippen molar-refractivity contribution < 1.29 is 19.0 Å². The molecule has 0 N–H and O–H groups in total. The molecule has 1 aromatic rings. The molecule has 0 aliphatic carbocycles. The largest absolute Gasteiger partial charge is 0.490 e. The lowest BCUT2D eigenvalue weighted by molar-refractivity contribution is 0.0894. The van der Waals surface area contributed by atoms with Crippen molar-refractivity contribution in [3.8, 4) is 11.5 Å². The quantitative estimate of drug-likeness (QED) is 0.710. The molecule has 0 bridgehead atoms. The van der Waals surface area contributed by atoms with Crippen molar-refractivity contribution in [3.63, 3.8) is 0 Å². The zero-order valence-electron chi connectivity index (χ0n) is 11.3. The molecular weight excluding hydrogens is 244 g/mol. The SMILES string of the molecule is CCOc1cccc(C=O)c1OCCC1CCCO1. The van der Waals surface area contributed by atoms with Crippen LogP contribution in [0, 0.1) is 0 Å². The van der Waals surface area contributed by atoms with Crippen molar-refractivity contribution in [2.75, 3.05) is 19.8 Å². The van der Waals surface area contributed by atoms with E-state index in [9.17, 15) is 4.79 Å². The Balaban J connectivity index is 1.98. The van der Waals surface area contributed by atoms with E-state index in [-0.39, 0.29) is 0 Å². The monoisotopic (exact) mass is 264 g/mol. The van der Waals surface area contributed by atoms with E-state index in [1.807, 2.05) is 13.0 Å². The molecule has 0 amide bonds. The minimum Gasteiger partial charge on any atom is -0.490 e. The third kappa shape index (κ3) is 3.70. The molecule has 4 nitrogen and oxygen atoms in total. The van der Waals surface area contributed by atoms with Gasteiger partial charge in [-0.3, -0.25) is 4.79 Å². The van der Waals surface area contributed by atoms with Gasteiger partial charge in [-0.05, 0) is 31.9 Å². The summed E-state index contributed by atoms with van der Waals surface area (Å²) in [5.74, 6) is 1.16. The lowest BCUT2D eigenvalue weighted by atomic mass is 10.2. The highest BCUT2D eigenvalue weighted by atomic mass is 16.5. The molecule has 19 heavy (non-hydrogen) atoms. The Morgan fingerprint density at radius 3 is 3.00 bits per heavy atom. The van der Waals surface area contributed by atoms with Gasteiger partial charge in [0.2, 0.25) is 0 Å². The van der Waals surface area contributed by atoms with Crippen molar-refractivity contribution in [3.05, 3.63) is 23.8 Å². The Labute approximate surface area is 113 Å². The fourth-order valence-electron chi connectivity index (χ4n) is 2.21. The fourth-order valence-corrected chi connectivity index (χ4v) is 2.21. The molecule has 1 heterocycles. The van der Waals surface area contributed by atoms with Crippen LogP contribution in [0.15, 0.2) is 18.2 Å². The number of para-hydroxylation sites is 1. The highest BCUT2D eigenvalue weighted by Gasteiger charge is 2.16. The molecule has 0 aromatic heterocycles. The normalized spacial score (nSPS) is 18.3. The molecule has 0 saturated carbocycles. The molecule has 1 aliphatic heterocycles. The average molecular weight is 264 g/mol. The molecule has 2 rings (SSSR count). The van der Waals surface area contributed by atoms with Gasteiger partial charge in [0.25, 0.3) is 0 Å². The maximum Gasteiger partial charge on any atom is 0.171 e. The first-order valence-corrected chi connectivity index (χ1v) is 6.80. The van der Waals surface area contributed by atoms with Crippen molar-refractivity contribution in [2.45, 2.75) is 32.3 Å². The highest BCUT2D eigenvalue weighted by molar-refractivity contribution is 5.81. The van der Waals surface area contributed by atoms with Gasteiger partial charge in [0.15, 0.2) is 17.8 Å². The molecule has 1 aromatic carbocycles.